The molecule has 4 heterocycles. The number of nitrogens with zero attached hydrogens (tertiary/aromatic N) is 6. The quantitative estimate of drug-likeness (QED) is 0.336. The highest BCUT2D eigenvalue weighted by Gasteiger charge is 2.28. The van der Waals surface area contributed by atoms with Crippen LogP contribution >= 0.6 is 0 Å². The lowest BCUT2D eigenvalue weighted by Gasteiger charge is -2.32. The average molecular weight is 593 g/mol. The molecule has 220 valence electrons. The van der Waals surface area contributed by atoms with Crippen molar-refractivity contribution in [2.24, 2.45) is 0 Å². The van der Waals surface area contributed by atoms with Gasteiger partial charge in [0.1, 0.15) is 6.33 Å². The first-order valence-electron chi connectivity index (χ1n) is 14.2. The van der Waals surface area contributed by atoms with Gasteiger partial charge in [-0.25, -0.2) is 41.5 Å². The summed E-state index contributed by atoms with van der Waals surface area (Å²) in [6, 6.07) is 6.40. The van der Waals surface area contributed by atoms with Gasteiger partial charge in [0.2, 0.25) is 0 Å². The molecule has 0 unspecified atom stereocenters. The summed E-state index contributed by atoms with van der Waals surface area (Å²) >= 11 is 0. The molecule has 1 aliphatic heterocycles. The Kier molecular flexibility index (Phi) is 7.52. The number of hydrogen-bond donors (Lipinski definition) is 2. The van der Waals surface area contributed by atoms with Crippen molar-refractivity contribution in [3.05, 3.63) is 60.1 Å². The van der Waals surface area contributed by atoms with Crippen molar-refractivity contribution in [3.63, 3.8) is 0 Å². The second-order valence-electron chi connectivity index (χ2n) is 11.1. The number of fused-ring (bicyclic) bond motifs is 1. The Morgan fingerprint density at radius 3 is 2.50 bits per heavy atom. The molecule has 0 spiro atoms. The summed E-state index contributed by atoms with van der Waals surface area (Å²) in [4.78, 5) is 31.8. The molecule has 3 aromatic heterocycles. The van der Waals surface area contributed by atoms with Gasteiger partial charge in [-0.15, -0.1) is 0 Å². The van der Waals surface area contributed by atoms with Crippen molar-refractivity contribution in [2.45, 2.75) is 69.4 Å². The monoisotopic (exact) mass is 592 g/mol. The number of rotatable bonds is 6. The van der Waals surface area contributed by atoms with E-state index in [9.17, 15) is 13.2 Å². The van der Waals surface area contributed by atoms with Crippen LogP contribution in [-0.4, -0.2) is 68.4 Å². The van der Waals surface area contributed by atoms with Crippen LogP contribution in [0.3, 0.4) is 0 Å². The number of anilines is 1. The molecule has 42 heavy (non-hydrogen) atoms. The van der Waals surface area contributed by atoms with E-state index in [0.717, 1.165) is 60.9 Å². The second-order valence-corrected chi connectivity index (χ2v) is 12.9. The minimum absolute atomic E-state index is 0.0153. The maximum absolute atomic E-state index is 15.0. The van der Waals surface area contributed by atoms with Crippen LogP contribution in [0.2, 0.25) is 0 Å². The van der Waals surface area contributed by atoms with Gasteiger partial charge in [0.25, 0.3) is 10.0 Å². The van der Waals surface area contributed by atoms with E-state index in [2.05, 4.69) is 30.6 Å². The summed E-state index contributed by atoms with van der Waals surface area (Å²) in [7, 11) is -4.01. The standard InChI is InChI=1S/C29H33FN8O3S/c1-18-8-10-22(11-9-18)42(40,41)38-16-23(25-19(2)32-17-33-28(25)38)26-31-15-24(30)27(36-26)34-20-6-5-7-21(14-20)35-29(39)37-12-3-4-13-37/h8-11,15-17,20-21H,3-7,12-14H2,1-2H3,(H,35,39)(H,31,34,36)/t20-,21+/m1/s1. The van der Waals surface area contributed by atoms with Gasteiger partial charge in [-0.1, -0.05) is 17.7 Å². The van der Waals surface area contributed by atoms with E-state index in [1.165, 1.54) is 12.5 Å². The van der Waals surface area contributed by atoms with Gasteiger partial charge in [0.15, 0.2) is 23.1 Å². The van der Waals surface area contributed by atoms with Crippen LogP contribution < -0.4 is 10.6 Å². The van der Waals surface area contributed by atoms with E-state index in [-0.39, 0.29) is 40.3 Å². The normalized spacial score (nSPS) is 19.3. The Labute approximate surface area is 243 Å². The van der Waals surface area contributed by atoms with E-state index in [1.807, 2.05) is 11.8 Å². The molecule has 0 bridgehead atoms. The molecular formula is C29H33FN8O3S. The SMILES string of the molecule is Cc1ccc(S(=O)(=O)n2cc(-c3ncc(F)c(N[C@@H]4CCC[C@H](NC(=O)N5CCCC5)C4)n3)c3c(C)ncnc32)cc1. The molecule has 2 aliphatic rings. The molecule has 2 fully saturated rings. The fraction of sp³-hybridized carbons (Fsp3) is 0.414. The number of amides is 2. The lowest BCUT2D eigenvalue weighted by atomic mass is 9.91. The number of urea groups is 1. The maximum atomic E-state index is 15.0. The largest absolute Gasteiger partial charge is 0.365 e. The number of carbonyl (C=O) groups excluding carboxylic acids is 1. The van der Waals surface area contributed by atoms with Gasteiger partial charge < -0.3 is 15.5 Å². The number of benzene rings is 1. The summed E-state index contributed by atoms with van der Waals surface area (Å²) < 4.78 is 43.4. The molecule has 1 saturated carbocycles. The molecule has 1 aromatic carbocycles. The van der Waals surface area contributed by atoms with E-state index in [1.54, 1.807) is 31.2 Å². The molecule has 2 N–H and O–H groups in total. The second kappa shape index (κ2) is 11.3. The number of likely N-dealkylation sites (tertiary alicyclic amines) is 1. The van der Waals surface area contributed by atoms with Crippen LogP contribution in [-0.2, 0) is 10.0 Å². The van der Waals surface area contributed by atoms with E-state index in [0.29, 0.717) is 23.1 Å². The van der Waals surface area contributed by atoms with Gasteiger partial charge in [0.05, 0.1) is 22.2 Å². The van der Waals surface area contributed by atoms with Gasteiger partial charge in [-0.2, -0.15) is 0 Å². The van der Waals surface area contributed by atoms with E-state index >= 15 is 4.39 Å². The Morgan fingerprint density at radius 2 is 1.74 bits per heavy atom. The zero-order chi connectivity index (χ0) is 29.4. The molecule has 11 nitrogen and oxygen atoms in total. The molecule has 1 aliphatic carbocycles. The molecular weight excluding hydrogens is 559 g/mol. The molecule has 1 saturated heterocycles. The third-order valence-electron chi connectivity index (χ3n) is 8.04. The van der Waals surface area contributed by atoms with Gasteiger partial charge in [-0.05, 0) is 64.5 Å². The van der Waals surface area contributed by atoms with Crippen molar-refractivity contribution in [2.75, 3.05) is 18.4 Å². The number of halogens is 1. The Morgan fingerprint density at radius 1 is 1.00 bits per heavy atom. The Balaban J connectivity index is 1.30. The molecule has 2 amide bonds. The highest BCUT2D eigenvalue weighted by atomic mass is 32.2. The first kappa shape index (κ1) is 28.0. The summed E-state index contributed by atoms with van der Waals surface area (Å²) in [6.45, 7) is 5.19. The number of hydrogen-bond acceptors (Lipinski definition) is 8. The number of aromatic nitrogens is 5. The third-order valence-corrected chi connectivity index (χ3v) is 9.70. The Bertz CT molecular complexity index is 1740. The first-order valence-corrected chi connectivity index (χ1v) is 15.6. The van der Waals surface area contributed by atoms with Gasteiger partial charge >= 0.3 is 6.03 Å². The summed E-state index contributed by atoms with van der Waals surface area (Å²) in [5, 5.41) is 6.82. The zero-order valence-corrected chi connectivity index (χ0v) is 24.4. The van der Waals surface area contributed by atoms with Crippen LogP contribution in [0.5, 0.6) is 0 Å². The predicted molar refractivity (Wildman–Crippen MR) is 156 cm³/mol. The molecule has 4 aromatic rings. The summed E-state index contributed by atoms with van der Waals surface area (Å²) in [5.74, 6) is -0.450. The summed E-state index contributed by atoms with van der Waals surface area (Å²) in [5.41, 5.74) is 2.04. The predicted octanol–water partition coefficient (Wildman–Crippen LogP) is 4.41. The average Bonchev–Trinajstić information content (AvgIpc) is 3.65. The highest BCUT2D eigenvalue weighted by molar-refractivity contribution is 7.90. The lowest BCUT2D eigenvalue weighted by molar-refractivity contribution is 0.199. The fourth-order valence-electron chi connectivity index (χ4n) is 5.79. The van der Waals surface area contributed by atoms with Gasteiger partial charge in [-0.3, -0.25) is 0 Å². The smallest absolute Gasteiger partial charge is 0.317 e. The summed E-state index contributed by atoms with van der Waals surface area (Å²) in [6.07, 6.45) is 9.05. The van der Waals surface area contributed by atoms with Crippen molar-refractivity contribution >= 4 is 32.9 Å². The minimum Gasteiger partial charge on any atom is -0.365 e. The van der Waals surface area contributed by atoms with Crippen LogP contribution in [0.25, 0.3) is 22.4 Å². The fourth-order valence-corrected chi connectivity index (χ4v) is 7.11. The molecule has 0 radical (unpaired) electrons. The lowest BCUT2D eigenvalue weighted by Crippen LogP contribution is -2.47. The number of nitrogens with one attached hydrogen (secondary N) is 2. The number of aryl methyl sites for hydroxylation is 2. The van der Waals surface area contributed by atoms with Gasteiger partial charge in [0, 0.05) is 36.9 Å². The van der Waals surface area contributed by atoms with E-state index < -0.39 is 15.8 Å². The maximum Gasteiger partial charge on any atom is 0.317 e. The van der Waals surface area contributed by atoms with Crippen molar-refractivity contribution in [3.8, 4) is 11.4 Å². The van der Waals surface area contributed by atoms with Crippen LogP contribution in [0.15, 0.2) is 47.9 Å². The van der Waals surface area contributed by atoms with Crippen LogP contribution in [0.1, 0.15) is 49.8 Å². The van der Waals surface area contributed by atoms with E-state index in [4.69, 9.17) is 0 Å². The van der Waals surface area contributed by atoms with Crippen molar-refractivity contribution in [1.82, 2.24) is 34.1 Å². The Hall–Kier alpha value is -4.13. The first-order chi connectivity index (χ1) is 20.2. The van der Waals surface area contributed by atoms with Crippen molar-refractivity contribution in [1.29, 1.82) is 0 Å². The minimum atomic E-state index is -4.01. The topological polar surface area (TPSA) is 135 Å². The molecule has 13 heteroatoms. The zero-order valence-electron chi connectivity index (χ0n) is 23.5. The molecule has 2 atom stereocenters. The number of carbonyl (C=O) groups is 1. The third kappa shape index (κ3) is 5.40. The highest BCUT2D eigenvalue weighted by Crippen LogP contribution is 2.33. The van der Waals surface area contributed by atoms with Crippen LogP contribution in [0.4, 0.5) is 15.0 Å². The molecule has 6 rings (SSSR count). The van der Waals surface area contributed by atoms with Crippen molar-refractivity contribution < 1.29 is 17.6 Å². The van der Waals surface area contributed by atoms with Crippen LogP contribution in [0, 0.1) is 19.7 Å².